The molecule has 0 aliphatic carbocycles. The first-order valence-corrected chi connectivity index (χ1v) is 6.71. The molecule has 0 aliphatic rings. The normalized spacial score (nSPS) is 10.9. The molecule has 0 spiro atoms. The minimum Gasteiger partial charge on any atom is -0.316 e. The third kappa shape index (κ3) is 2.30. The lowest BCUT2D eigenvalue weighted by atomic mass is 9.94. The molecule has 3 aromatic carbocycles. The van der Waals surface area contributed by atoms with Crippen LogP contribution < -0.4 is 5.32 Å². The van der Waals surface area contributed by atoms with Crippen LogP contribution in [-0.2, 0) is 6.54 Å². The second-order valence-electron chi connectivity index (χ2n) is 4.86. The molecule has 0 unspecified atom stereocenters. The molecule has 0 aliphatic heterocycles. The van der Waals surface area contributed by atoms with Gasteiger partial charge in [-0.05, 0) is 46.6 Å². The van der Waals surface area contributed by atoms with Crippen molar-refractivity contribution in [3.8, 4) is 11.1 Å². The molecule has 0 heterocycles. The highest BCUT2D eigenvalue weighted by Gasteiger charge is 2.09. The molecular formula is C18H16FN. The maximum Gasteiger partial charge on any atom is 0.123 e. The molecule has 1 N–H and O–H groups in total. The smallest absolute Gasteiger partial charge is 0.123 e. The quantitative estimate of drug-likeness (QED) is 0.741. The summed E-state index contributed by atoms with van der Waals surface area (Å²) in [5, 5.41) is 5.46. The van der Waals surface area contributed by atoms with Gasteiger partial charge in [-0.1, -0.05) is 48.5 Å². The molecule has 3 aromatic rings. The molecule has 2 heteroatoms. The molecule has 3 rings (SSSR count). The third-order valence-electron chi connectivity index (χ3n) is 3.52. The van der Waals surface area contributed by atoms with E-state index in [1.807, 2.05) is 31.3 Å². The first-order chi connectivity index (χ1) is 9.79. The van der Waals surface area contributed by atoms with E-state index in [4.69, 9.17) is 0 Å². The van der Waals surface area contributed by atoms with Gasteiger partial charge in [0.1, 0.15) is 5.82 Å². The Morgan fingerprint density at radius 2 is 1.70 bits per heavy atom. The van der Waals surface area contributed by atoms with Crippen LogP contribution in [0.1, 0.15) is 5.56 Å². The fourth-order valence-corrected chi connectivity index (χ4v) is 2.60. The van der Waals surface area contributed by atoms with E-state index in [-0.39, 0.29) is 5.82 Å². The van der Waals surface area contributed by atoms with E-state index >= 15 is 0 Å². The van der Waals surface area contributed by atoms with Crippen LogP contribution in [0.5, 0.6) is 0 Å². The van der Waals surface area contributed by atoms with Gasteiger partial charge in [-0.25, -0.2) is 4.39 Å². The van der Waals surface area contributed by atoms with E-state index in [9.17, 15) is 4.39 Å². The Balaban J connectivity index is 2.27. The van der Waals surface area contributed by atoms with Gasteiger partial charge in [0.2, 0.25) is 0 Å². The summed E-state index contributed by atoms with van der Waals surface area (Å²) in [4.78, 5) is 0. The molecule has 0 fully saturated rings. The molecule has 20 heavy (non-hydrogen) atoms. The molecular weight excluding hydrogens is 249 g/mol. The molecule has 1 nitrogen and oxygen atoms in total. The van der Waals surface area contributed by atoms with E-state index in [2.05, 4.69) is 29.6 Å². The molecule has 0 bridgehead atoms. The summed E-state index contributed by atoms with van der Waals surface area (Å²) in [5.41, 5.74) is 3.13. The number of hydrogen-bond acceptors (Lipinski definition) is 1. The Morgan fingerprint density at radius 1 is 0.900 bits per heavy atom. The third-order valence-corrected chi connectivity index (χ3v) is 3.52. The summed E-state index contributed by atoms with van der Waals surface area (Å²) >= 11 is 0. The zero-order chi connectivity index (χ0) is 13.9. The number of rotatable bonds is 3. The number of halogens is 1. The lowest BCUT2D eigenvalue weighted by Crippen LogP contribution is -2.06. The van der Waals surface area contributed by atoms with Gasteiger partial charge in [0.05, 0.1) is 0 Å². The highest BCUT2D eigenvalue weighted by molar-refractivity contribution is 5.97. The molecule has 0 saturated heterocycles. The van der Waals surface area contributed by atoms with Crippen molar-refractivity contribution < 1.29 is 4.39 Å². The Morgan fingerprint density at radius 3 is 2.55 bits per heavy atom. The standard InChI is InChI=1S/C18H16FN/c1-20-12-14-9-10-15(19)11-18(14)17-8-4-6-13-5-2-3-7-16(13)17/h2-11,20H,12H2,1H3. The van der Waals surface area contributed by atoms with Crippen molar-refractivity contribution in [1.29, 1.82) is 0 Å². The maximum absolute atomic E-state index is 13.7. The SMILES string of the molecule is CNCc1ccc(F)cc1-c1cccc2ccccc12. The minimum atomic E-state index is -0.201. The maximum atomic E-state index is 13.7. The minimum absolute atomic E-state index is 0.201. The highest BCUT2D eigenvalue weighted by Crippen LogP contribution is 2.31. The predicted octanol–water partition coefficient (Wildman–Crippen LogP) is 4.37. The monoisotopic (exact) mass is 265 g/mol. The van der Waals surface area contributed by atoms with E-state index in [1.54, 1.807) is 6.07 Å². The first kappa shape index (κ1) is 12.8. The lowest BCUT2D eigenvalue weighted by molar-refractivity contribution is 0.627. The van der Waals surface area contributed by atoms with Crippen molar-refractivity contribution >= 4 is 10.8 Å². The Bertz CT molecular complexity index is 744. The van der Waals surface area contributed by atoms with Crippen LogP contribution in [-0.4, -0.2) is 7.05 Å². The van der Waals surface area contributed by atoms with Crippen molar-refractivity contribution in [2.75, 3.05) is 7.05 Å². The van der Waals surface area contributed by atoms with Crippen LogP contribution in [0, 0.1) is 5.82 Å². The van der Waals surface area contributed by atoms with Crippen molar-refractivity contribution in [3.63, 3.8) is 0 Å². The van der Waals surface area contributed by atoms with Gasteiger partial charge in [0, 0.05) is 6.54 Å². The largest absolute Gasteiger partial charge is 0.316 e. The summed E-state index contributed by atoms with van der Waals surface area (Å²) in [6.07, 6.45) is 0. The van der Waals surface area contributed by atoms with Gasteiger partial charge in [-0.15, -0.1) is 0 Å². The van der Waals surface area contributed by atoms with Crippen LogP contribution in [0.25, 0.3) is 21.9 Å². The summed E-state index contributed by atoms with van der Waals surface area (Å²) in [5.74, 6) is -0.201. The number of hydrogen-bond donors (Lipinski definition) is 1. The molecule has 0 radical (unpaired) electrons. The van der Waals surface area contributed by atoms with Crippen molar-refractivity contribution in [3.05, 3.63) is 72.0 Å². The van der Waals surface area contributed by atoms with Gasteiger partial charge in [0.25, 0.3) is 0 Å². The predicted molar refractivity (Wildman–Crippen MR) is 82.1 cm³/mol. The van der Waals surface area contributed by atoms with Gasteiger partial charge in [-0.3, -0.25) is 0 Å². The summed E-state index contributed by atoms with van der Waals surface area (Å²) in [6.45, 7) is 0.721. The zero-order valence-corrected chi connectivity index (χ0v) is 11.4. The van der Waals surface area contributed by atoms with Crippen LogP contribution in [0.15, 0.2) is 60.7 Å². The van der Waals surface area contributed by atoms with Crippen LogP contribution in [0.4, 0.5) is 4.39 Å². The topological polar surface area (TPSA) is 12.0 Å². The van der Waals surface area contributed by atoms with Gasteiger partial charge < -0.3 is 5.32 Å². The number of benzene rings is 3. The second kappa shape index (κ2) is 5.43. The Labute approximate surface area is 118 Å². The van der Waals surface area contributed by atoms with Crippen LogP contribution in [0.3, 0.4) is 0 Å². The average Bonchev–Trinajstić information content (AvgIpc) is 2.49. The molecule has 0 saturated carbocycles. The van der Waals surface area contributed by atoms with Gasteiger partial charge in [0.15, 0.2) is 0 Å². The Kier molecular flexibility index (Phi) is 3.48. The number of nitrogens with one attached hydrogen (secondary N) is 1. The highest BCUT2D eigenvalue weighted by atomic mass is 19.1. The van der Waals surface area contributed by atoms with E-state index in [1.165, 1.54) is 11.5 Å². The van der Waals surface area contributed by atoms with Crippen LogP contribution in [0.2, 0.25) is 0 Å². The molecule has 100 valence electrons. The summed E-state index contributed by atoms with van der Waals surface area (Å²) in [7, 11) is 1.90. The van der Waals surface area contributed by atoms with Gasteiger partial charge >= 0.3 is 0 Å². The molecule has 0 atom stereocenters. The van der Waals surface area contributed by atoms with E-state index in [0.717, 1.165) is 28.6 Å². The van der Waals surface area contributed by atoms with E-state index in [0.29, 0.717) is 0 Å². The second-order valence-corrected chi connectivity index (χ2v) is 4.86. The summed E-state index contributed by atoms with van der Waals surface area (Å²) in [6, 6.07) is 19.3. The van der Waals surface area contributed by atoms with Crippen molar-refractivity contribution in [1.82, 2.24) is 5.32 Å². The van der Waals surface area contributed by atoms with Crippen molar-refractivity contribution in [2.24, 2.45) is 0 Å². The fraction of sp³-hybridized carbons (Fsp3) is 0.111. The number of fused-ring (bicyclic) bond motifs is 1. The summed E-state index contributed by atoms with van der Waals surface area (Å²) < 4.78 is 13.7. The zero-order valence-electron chi connectivity index (χ0n) is 11.4. The Hall–Kier alpha value is -2.19. The van der Waals surface area contributed by atoms with Gasteiger partial charge in [-0.2, -0.15) is 0 Å². The molecule has 0 amide bonds. The van der Waals surface area contributed by atoms with E-state index < -0.39 is 0 Å². The van der Waals surface area contributed by atoms with Crippen LogP contribution >= 0.6 is 0 Å². The van der Waals surface area contributed by atoms with Crippen molar-refractivity contribution in [2.45, 2.75) is 6.54 Å². The lowest BCUT2D eigenvalue weighted by Gasteiger charge is -2.12. The fourth-order valence-electron chi connectivity index (χ4n) is 2.60. The first-order valence-electron chi connectivity index (χ1n) is 6.71. The molecule has 0 aromatic heterocycles. The average molecular weight is 265 g/mol.